The van der Waals surface area contributed by atoms with E-state index in [4.69, 9.17) is 32.7 Å². The first-order valence-corrected chi connectivity index (χ1v) is 9.87. The molecular formula is C24H22Cl2O3. The van der Waals surface area contributed by atoms with E-state index in [2.05, 4.69) is 26.0 Å². The maximum atomic E-state index is 9.53. The summed E-state index contributed by atoms with van der Waals surface area (Å²) in [6.07, 6.45) is 1.58. The fourth-order valence-corrected chi connectivity index (χ4v) is 3.35. The highest BCUT2D eigenvalue weighted by molar-refractivity contribution is 6.55. The van der Waals surface area contributed by atoms with Gasteiger partial charge in [-0.25, -0.2) is 0 Å². The van der Waals surface area contributed by atoms with E-state index in [1.807, 2.05) is 30.3 Å². The number of hydrogen-bond acceptors (Lipinski definition) is 3. The number of phenols is 1. The van der Waals surface area contributed by atoms with Crippen molar-refractivity contribution in [1.82, 2.24) is 0 Å². The lowest BCUT2D eigenvalue weighted by molar-refractivity contribution is 0.326. The van der Waals surface area contributed by atoms with Crippen LogP contribution in [0.4, 0.5) is 0 Å². The monoisotopic (exact) mass is 428 g/mol. The molecule has 0 radical (unpaired) electrons. The fraction of sp³-hybridized carbons (Fsp3) is 0.167. The lowest BCUT2D eigenvalue weighted by atomic mass is 9.92. The van der Waals surface area contributed by atoms with Crippen LogP contribution in [0.3, 0.4) is 0 Å². The predicted octanol–water partition coefficient (Wildman–Crippen LogP) is 7.05. The Morgan fingerprint density at radius 3 is 2.03 bits per heavy atom. The molecule has 29 heavy (non-hydrogen) atoms. The molecule has 0 unspecified atom stereocenters. The maximum Gasteiger partial charge on any atom is 0.161 e. The van der Waals surface area contributed by atoms with Crippen LogP contribution in [0.5, 0.6) is 17.2 Å². The maximum absolute atomic E-state index is 9.53. The van der Waals surface area contributed by atoms with Crippen molar-refractivity contribution >= 4 is 23.2 Å². The van der Waals surface area contributed by atoms with E-state index >= 15 is 0 Å². The zero-order chi connectivity index (χ0) is 21.0. The van der Waals surface area contributed by atoms with Crippen LogP contribution >= 0.6 is 23.2 Å². The van der Waals surface area contributed by atoms with Crippen LogP contribution in [0, 0.1) is 13.8 Å². The van der Waals surface area contributed by atoms with Crippen LogP contribution in [0.25, 0.3) is 22.3 Å². The van der Waals surface area contributed by atoms with Gasteiger partial charge in [0.2, 0.25) is 0 Å². The van der Waals surface area contributed by atoms with Crippen LogP contribution in [0.1, 0.15) is 11.1 Å². The van der Waals surface area contributed by atoms with E-state index in [9.17, 15) is 5.11 Å². The Bertz CT molecular complexity index is 1040. The number of phenolic OH excluding ortho intramolecular Hbond substituents is 1. The minimum atomic E-state index is 0.167. The number of aromatic hydroxyl groups is 1. The topological polar surface area (TPSA) is 38.7 Å². The molecule has 0 atom stereocenters. The van der Waals surface area contributed by atoms with E-state index in [1.54, 1.807) is 25.3 Å². The summed E-state index contributed by atoms with van der Waals surface area (Å²) in [5.74, 6) is 1.52. The number of ether oxygens (including phenoxy) is 2. The molecule has 0 aromatic heterocycles. The minimum Gasteiger partial charge on any atom is -0.508 e. The van der Waals surface area contributed by atoms with Gasteiger partial charge in [-0.15, -0.1) is 0 Å². The van der Waals surface area contributed by atoms with Gasteiger partial charge in [0.1, 0.15) is 16.8 Å². The van der Waals surface area contributed by atoms with Crippen molar-refractivity contribution in [2.75, 3.05) is 13.7 Å². The quantitative estimate of drug-likeness (QED) is 0.456. The first-order chi connectivity index (χ1) is 13.9. The molecule has 0 aliphatic rings. The van der Waals surface area contributed by atoms with Crippen molar-refractivity contribution in [3.8, 4) is 39.5 Å². The van der Waals surface area contributed by atoms with Gasteiger partial charge in [0.15, 0.2) is 11.5 Å². The van der Waals surface area contributed by atoms with Crippen molar-refractivity contribution in [3.05, 3.63) is 76.3 Å². The molecule has 0 saturated heterocycles. The van der Waals surface area contributed by atoms with Gasteiger partial charge < -0.3 is 14.6 Å². The lowest BCUT2D eigenvalue weighted by Crippen LogP contribution is -1.97. The van der Waals surface area contributed by atoms with Crippen LogP contribution < -0.4 is 9.47 Å². The Kier molecular flexibility index (Phi) is 6.73. The second kappa shape index (κ2) is 9.25. The van der Waals surface area contributed by atoms with Gasteiger partial charge >= 0.3 is 0 Å². The fourth-order valence-electron chi connectivity index (χ4n) is 3.23. The van der Waals surface area contributed by atoms with E-state index in [-0.39, 0.29) is 16.8 Å². The molecule has 0 amide bonds. The molecule has 150 valence electrons. The molecule has 0 spiro atoms. The molecule has 1 N–H and O–H groups in total. The first-order valence-electron chi connectivity index (χ1n) is 9.12. The Balaban J connectivity index is 1.95. The largest absolute Gasteiger partial charge is 0.508 e. The second-order valence-electron chi connectivity index (χ2n) is 6.70. The standard InChI is InChI=1S/C24H22Cl2O3/c1-15-13-21(16(2)12-20(15)17-4-7-19(27)8-5-17)18-6-9-22(23(14-18)28-3)29-11-10-24(25)26/h4-10,12-14,27H,11H2,1-3H3. The summed E-state index contributed by atoms with van der Waals surface area (Å²) in [6, 6.07) is 17.4. The third kappa shape index (κ3) is 5.06. The summed E-state index contributed by atoms with van der Waals surface area (Å²) in [6.45, 7) is 4.43. The van der Waals surface area contributed by atoms with E-state index in [0.29, 0.717) is 11.5 Å². The number of methoxy groups -OCH3 is 1. The van der Waals surface area contributed by atoms with E-state index in [1.165, 1.54) is 0 Å². The van der Waals surface area contributed by atoms with Crippen molar-refractivity contribution in [1.29, 1.82) is 0 Å². The number of benzene rings is 3. The summed E-state index contributed by atoms with van der Waals surface area (Å²) in [4.78, 5) is 0. The Labute approximate surface area is 181 Å². The summed E-state index contributed by atoms with van der Waals surface area (Å²) in [5, 5.41) is 9.53. The molecule has 3 aromatic rings. The highest BCUT2D eigenvalue weighted by Crippen LogP contribution is 2.36. The van der Waals surface area contributed by atoms with Gasteiger partial charge in [-0.1, -0.05) is 53.5 Å². The molecule has 0 bridgehead atoms. The van der Waals surface area contributed by atoms with Gasteiger partial charge in [-0.2, -0.15) is 0 Å². The van der Waals surface area contributed by atoms with Gasteiger partial charge in [-0.05, 0) is 77.6 Å². The Morgan fingerprint density at radius 1 is 0.862 bits per heavy atom. The van der Waals surface area contributed by atoms with Crippen molar-refractivity contribution in [2.24, 2.45) is 0 Å². The van der Waals surface area contributed by atoms with Crippen LogP contribution in [-0.4, -0.2) is 18.8 Å². The normalized spacial score (nSPS) is 10.5. The zero-order valence-electron chi connectivity index (χ0n) is 16.5. The van der Waals surface area contributed by atoms with Crippen molar-refractivity contribution < 1.29 is 14.6 Å². The van der Waals surface area contributed by atoms with Gasteiger partial charge in [0.05, 0.1) is 7.11 Å². The van der Waals surface area contributed by atoms with E-state index < -0.39 is 0 Å². The van der Waals surface area contributed by atoms with Crippen LogP contribution in [-0.2, 0) is 0 Å². The molecule has 0 saturated carbocycles. The molecule has 0 aliphatic carbocycles. The Hall–Kier alpha value is -2.62. The first kappa shape index (κ1) is 21.1. The molecule has 5 heteroatoms. The van der Waals surface area contributed by atoms with Gasteiger partial charge in [0.25, 0.3) is 0 Å². The van der Waals surface area contributed by atoms with Gasteiger partial charge in [0, 0.05) is 0 Å². The van der Waals surface area contributed by atoms with Crippen LogP contribution in [0.2, 0.25) is 0 Å². The molecule has 3 aromatic carbocycles. The summed E-state index contributed by atoms with van der Waals surface area (Å²) >= 11 is 11.2. The predicted molar refractivity (Wildman–Crippen MR) is 120 cm³/mol. The molecule has 0 heterocycles. The Morgan fingerprint density at radius 2 is 1.45 bits per heavy atom. The highest BCUT2D eigenvalue weighted by Gasteiger charge is 2.12. The highest BCUT2D eigenvalue weighted by atomic mass is 35.5. The molecule has 0 aliphatic heterocycles. The number of halogens is 2. The summed E-state index contributed by atoms with van der Waals surface area (Å²) < 4.78 is 11.4. The van der Waals surface area contributed by atoms with Crippen LogP contribution in [0.15, 0.2) is 65.2 Å². The van der Waals surface area contributed by atoms with Crippen molar-refractivity contribution in [2.45, 2.75) is 13.8 Å². The third-order valence-electron chi connectivity index (χ3n) is 4.70. The smallest absolute Gasteiger partial charge is 0.161 e. The third-order valence-corrected chi connectivity index (χ3v) is 5.01. The minimum absolute atomic E-state index is 0.167. The second-order valence-corrected chi connectivity index (χ2v) is 7.71. The molecule has 3 rings (SSSR count). The average molecular weight is 429 g/mol. The average Bonchev–Trinajstić information content (AvgIpc) is 2.70. The SMILES string of the molecule is COc1cc(-c2cc(C)c(-c3ccc(O)cc3)cc2C)ccc1OCC=C(Cl)Cl. The molecule has 3 nitrogen and oxygen atoms in total. The van der Waals surface area contributed by atoms with Gasteiger partial charge in [-0.3, -0.25) is 0 Å². The molecule has 0 fully saturated rings. The van der Waals surface area contributed by atoms with E-state index in [0.717, 1.165) is 33.4 Å². The lowest BCUT2D eigenvalue weighted by Gasteiger charge is -2.15. The number of aryl methyl sites for hydroxylation is 2. The summed E-state index contributed by atoms with van der Waals surface area (Å²) in [5.41, 5.74) is 6.67. The molecular weight excluding hydrogens is 407 g/mol. The summed E-state index contributed by atoms with van der Waals surface area (Å²) in [7, 11) is 1.61. The zero-order valence-corrected chi connectivity index (χ0v) is 18.0. The number of rotatable bonds is 6. The van der Waals surface area contributed by atoms with Crippen molar-refractivity contribution in [3.63, 3.8) is 0 Å². The number of hydrogen-bond donors (Lipinski definition) is 1.